The first-order valence-corrected chi connectivity index (χ1v) is 9.01. The molecule has 1 saturated heterocycles. The summed E-state index contributed by atoms with van der Waals surface area (Å²) in [7, 11) is 1.25. The molecular weight excluding hydrogens is 386 g/mol. The molecule has 1 unspecified atom stereocenters. The van der Waals surface area contributed by atoms with Gasteiger partial charge in [-0.05, 0) is 0 Å². The van der Waals surface area contributed by atoms with Crippen molar-refractivity contribution < 1.29 is 29.4 Å². The molecule has 13 heteroatoms. The lowest BCUT2D eigenvalue weighted by atomic mass is 10.0. The Morgan fingerprint density at radius 1 is 1.54 bits per heavy atom. The van der Waals surface area contributed by atoms with Gasteiger partial charge in [0.25, 0.3) is 11.8 Å². The molecule has 2 aliphatic rings. The summed E-state index contributed by atoms with van der Waals surface area (Å²) in [5, 5.41) is 26.1. The molecule has 3 rings (SSSR count). The Morgan fingerprint density at radius 2 is 2.27 bits per heavy atom. The molecule has 0 bridgehead atoms. The highest BCUT2D eigenvalue weighted by Gasteiger charge is 2.54. The Morgan fingerprint density at radius 3 is 2.85 bits per heavy atom. The lowest BCUT2D eigenvalue weighted by Gasteiger charge is -2.48. The highest BCUT2D eigenvalue weighted by molar-refractivity contribution is 8.00. The van der Waals surface area contributed by atoms with Crippen molar-refractivity contribution in [1.82, 2.24) is 15.2 Å². The number of aromatic nitrogens is 1. The first kappa shape index (κ1) is 18.0. The molecule has 5 N–H and O–H groups in total. The van der Waals surface area contributed by atoms with Crippen LogP contribution in [0.5, 0.6) is 0 Å². The number of carbonyl (C=O) groups is 3. The van der Waals surface area contributed by atoms with Crippen LogP contribution in [0.2, 0.25) is 0 Å². The SMILES string of the molecule is CO/N=C(\C(=O)NC1C(=O)N2C(C(=O)O)=C(O)CS[C@H]12)c1csc(N)n1. The monoisotopic (exact) mass is 399 g/mol. The normalized spacial score (nSPS) is 22.6. The van der Waals surface area contributed by atoms with Crippen LogP contribution in [0.15, 0.2) is 22.0 Å². The number of rotatable bonds is 5. The molecule has 3 heterocycles. The summed E-state index contributed by atoms with van der Waals surface area (Å²) >= 11 is 2.24. The number of aliphatic carboxylic acids is 1. The molecule has 0 aromatic carbocycles. The van der Waals surface area contributed by atoms with E-state index in [1.807, 2.05) is 0 Å². The average molecular weight is 399 g/mol. The van der Waals surface area contributed by atoms with E-state index < -0.39 is 40.7 Å². The van der Waals surface area contributed by atoms with Gasteiger partial charge in [-0.3, -0.25) is 14.5 Å². The minimum absolute atomic E-state index is 0.0179. The van der Waals surface area contributed by atoms with Gasteiger partial charge >= 0.3 is 5.97 Å². The number of amides is 2. The van der Waals surface area contributed by atoms with Crippen molar-refractivity contribution in [2.24, 2.45) is 5.16 Å². The molecule has 0 spiro atoms. The van der Waals surface area contributed by atoms with Gasteiger partial charge in [0.1, 0.15) is 30.0 Å². The number of fused-ring (bicyclic) bond motifs is 1. The fourth-order valence-corrected chi connectivity index (χ4v) is 4.25. The van der Waals surface area contributed by atoms with Gasteiger partial charge in [0.05, 0.1) is 5.75 Å². The van der Waals surface area contributed by atoms with Gasteiger partial charge in [-0.15, -0.1) is 23.1 Å². The highest BCUT2D eigenvalue weighted by atomic mass is 32.2. The van der Waals surface area contributed by atoms with E-state index in [1.165, 1.54) is 12.5 Å². The highest BCUT2D eigenvalue weighted by Crippen LogP contribution is 2.39. The van der Waals surface area contributed by atoms with Gasteiger partial charge in [0, 0.05) is 5.38 Å². The third-order valence-corrected chi connectivity index (χ3v) is 5.54. The van der Waals surface area contributed by atoms with E-state index in [0.717, 1.165) is 28.0 Å². The number of thioether (sulfide) groups is 1. The second-order valence-electron chi connectivity index (χ2n) is 5.15. The van der Waals surface area contributed by atoms with Crippen LogP contribution in [0.3, 0.4) is 0 Å². The molecule has 0 radical (unpaired) electrons. The third-order valence-electron chi connectivity index (χ3n) is 3.60. The van der Waals surface area contributed by atoms with Crippen molar-refractivity contribution >= 4 is 51.7 Å². The van der Waals surface area contributed by atoms with Crippen molar-refractivity contribution in [3.63, 3.8) is 0 Å². The van der Waals surface area contributed by atoms with Gasteiger partial charge in [0.15, 0.2) is 16.5 Å². The number of carbonyl (C=O) groups excluding carboxylic acids is 2. The average Bonchev–Trinajstić information content (AvgIpc) is 3.02. The Labute approximate surface area is 154 Å². The molecule has 2 aliphatic heterocycles. The maximum atomic E-state index is 12.5. The molecule has 1 aromatic heterocycles. The Balaban J connectivity index is 1.78. The lowest BCUT2D eigenvalue weighted by Crippen LogP contribution is -2.71. The van der Waals surface area contributed by atoms with Gasteiger partial charge in [-0.25, -0.2) is 9.78 Å². The van der Waals surface area contributed by atoms with Crippen LogP contribution < -0.4 is 11.1 Å². The summed E-state index contributed by atoms with van der Waals surface area (Å²) < 4.78 is 0. The van der Waals surface area contributed by atoms with Gasteiger partial charge < -0.3 is 26.1 Å². The van der Waals surface area contributed by atoms with Crippen LogP contribution in [0.4, 0.5) is 5.13 Å². The summed E-state index contributed by atoms with van der Waals surface area (Å²) in [5.41, 5.74) is 5.11. The molecule has 1 fully saturated rings. The molecule has 26 heavy (non-hydrogen) atoms. The molecule has 1 aromatic rings. The second kappa shape index (κ2) is 6.84. The van der Waals surface area contributed by atoms with E-state index in [2.05, 4.69) is 20.3 Å². The minimum atomic E-state index is -1.41. The summed E-state index contributed by atoms with van der Waals surface area (Å²) in [5.74, 6) is -3.15. The number of aliphatic hydroxyl groups excluding tert-OH is 1. The zero-order chi connectivity index (χ0) is 19.0. The number of hydrogen-bond acceptors (Lipinski definition) is 10. The topological polar surface area (TPSA) is 167 Å². The number of anilines is 1. The quantitative estimate of drug-likeness (QED) is 0.285. The third kappa shape index (κ3) is 2.94. The fraction of sp³-hybridized carbons (Fsp3) is 0.308. The molecule has 11 nitrogen and oxygen atoms in total. The maximum Gasteiger partial charge on any atom is 0.356 e. The van der Waals surface area contributed by atoms with Gasteiger partial charge in [-0.2, -0.15) is 0 Å². The predicted octanol–water partition coefficient (Wildman–Crippen LogP) is -0.670. The number of nitrogen functional groups attached to an aromatic ring is 1. The van der Waals surface area contributed by atoms with Crippen molar-refractivity contribution in [2.75, 3.05) is 18.6 Å². The summed E-state index contributed by atoms with van der Waals surface area (Å²) in [6, 6.07) is -0.965. The minimum Gasteiger partial charge on any atom is -0.509 e. The molecular formula is C13H13N5O6S2. The molecule has 0 saturated carbocycles. The summed E-state index contributed by atoms with van der Waals surface area (Å²) in [6.45, 7) is 0. The number of hydrogen-bond donors (Lipinski definition) is 4. The van der Waals surface area contributed by atoms with E-state index in [4.69, 9.17) is 10.8 Å². The van der Waals surface area contributed by atoms with E-state index in [9.17, 15) is 19.5 Å². The zero-order valence-corrected chi connectivity index (χ0v) is 14.8. The van der Waals surface area contributed by atoms with E-state index >= 15 is 0 Å². The van der Waals surface area contributed by atoms with Crippen LogP contribution >= 0.6 is 23.1 Å². The van der Waals surface area contributed by atoms with E-state index in [-0.39, 0.29) is 22.3 Å². The molecule has 138 valence electrons. The van der Waals surface area contributed by atoms with Crippen LogP contribution in [0.25, 0.3) is 0 Å². The van der Waals surface area contributed by atoms with Gasteiger partial charge in [-0.1, -0.05) is 5.16 Å². The number of aliphatic hydroxyl groups is 1. The Bertz CT molecular complexity index is 850. The smallest absolute Gasteiger partial charge is 0.356 e. The number of nitrogens with one attached hydrogen (secondary N) is 1. The number of thiazole rings is 1. The zero-order valence-electron chi connectivity index (χ0n) is 13.2. The number of carboxylic acid groups (broad SMARTS) is 1. The van der Waals surface area contributed by atoms with Crippen LogP contribution in [0, 0.1) is 0 Å². The summed E-state index contributed by atoms with van der Waals surface area (Å²) in [6.07, 6.45) is 0. The number of nitrogens with two attached hydrogens (primary N) is 1. The number of carboxylic acids is 1. The van der Waals surface area contributed by atoms with Crippen LogP contribution in [-0.2, 0) is 19.2 Å². The maximum absolute atomic E-state index is 12.5. The lowest BCUT2D eigenvalue weighted by molar-refractivity contribution is -0.150. The second-order valence-corrected chi connectivity index (χ2v) is 7.15. The molecule has 0 aliphatic carbocycles. The van der Waals surface area contributed by atoms with Crippen molar-refractivity contribution in [2.45, 2.75) is 11.4 Å². The number of nitrogens with zero attached hydrogens (tertiary/aromatic N) is 3. The standard InChI is InChI=1S/C13H13N5O6S2/c1-24-17-6(4-2-26-13(14)15-4)9(20)16-7-10(21)18-8(12(22)23)5(19)3-25-11(7)18/h2,7,11,19H,3H2,1H3,(H2,14,15)(H,16,20)(H,22,23)/b17-6-/t7?,11-/m1/s1. The molecule has 2 atom stereocenters. The largest absolute Gasteiger partial charge is 0.509 e. The van der Waals surface area contributed by atoms with E-state index in [1.54, 1.807) is 0 Å². The van der Waals surface area contributed by atoms with E-state index in [0.29, 0.717) is 0 Å². The van der Waals surface area contributed by atoms with Crippen LogP contribution in [0.1, 0.15) is 5.69 Å². The Kier molecular flexibility index (Phi) is 4.73. The number of β-lactam (4-membered cyclic amide) rings is 1. The Hall–Kier alpha value is -2.80. The molecule has 2 amide bonds. The summed E-state index contributed by atoms with van der Waals surface area (Å²) in [4.78, 5) is 45.6. The first-order chi connectivity index (χ1) is 12.3. The fourth-order valence-electron chi connectivity index (χ4n) is 2.51. The first-order valence-electron chi connectivity index (χ1n) is 7.08. The van der Waals surface area contributed by atoms with Crippen LogP contribution in [-0.4, -0.2) is 67.9 Å². The number of oxime groups is 1. The van der Waals surface area contributed by atoms with Crippen molar-refractivity contribution in [3.05, 3.63) is 22.5 Å². The van der Waals surface area contributed by atoms with Crippen molar-refractivity contribution in [3.8, 4) is 0 Å². The predicted molar refractivity (Wildman–Crippen MR) is 92.4 cm³/mol. The van der Waals surface area contributed by atoms with Crippen molar-refractivity contribution in [1.29, 1.82) is 0 Å². The van der Waals surface area contributed by atoms with Gasteiger partial charge in [0.2, 0.25) is 0 Å².